The molecule has 0 saturated carbocycles. The number of amidine groups is 1. The van der Waals surface area contributed by atoms with Gasteiger partial charge in [-0.1, -0.05) is 0 Å². The Labute approximate surface area is 111 Å². The molecule has 3 rings (SSSR count). The molecule has 1 fully saturated rings. The van der Waals surface area contributed by atoms with E-state index in [9.17, 15) is 20.5 Å². The zero-order chi connectivity index (χ0) is 14.4. The quantitative estimate of drug-likeness (QED) is 0.338. The smallest absolute Gasteiger partial charge is 0.269 e. The maximum Gasteiger partial charge on any atom is 0.269 e. The highest BCUT2D eigenvalue weighted by atomic mass is 17.0. The zero-order valence-electron chi connectivity index (χ0n) is 9.95. The van der Waals surface area contributed by atoms with E-state index in [4.69, 9.17) is 9.84 Å². The van der Waals surface area contributed by atoms with Gasteiger partial charge >= 0.3 is 0 Å². The number of nitrogens with zero attached hydrogens (tertiary/aromatic N) is 3. The molecular weight excluding hydrogens is 276 g/mol. The summed E-state index contributed by atoms with van der Waals surface area (Å²) in [5.74, 6) is -0.834. The number of quaternary nitrogens is 1. The lowest BCUT2D eigenvalue weighted by atomic mass is 10.1. The molecule has 5 N–H and O–H groups in total. The second-order valence-corrected chi connectivity index (χ2v) is 4.37. The summed E-state index contributed by atoms with van der Waals surface area (Å²) in [6, 6.07) is 0. The van der Waals surface area contributed by atoms with Gasteiger partial charge in [0.05, 0.1) is 12.9 Å². The first-order valence-corrected chi connectivity index (χ1v) is 5.72. The van der Waals surface area contributed by atoms with Crippen LogP contribution in [0, 0.1) is 0 Å². The summed E-state index contributed by atoms with van der Waals surface area (Å²) in [5.41, 5.74) is -0.259. The maximum absolute atomic E-state index is 12.2. The predicted molar refractivity (Wildman–Crippen MR) is 56.4 cm³/mol. The fourth-order valence-corrected chi connectivity index (χ4v) is 2.14. The van der Waals surface area contributed by atoms with Crippen molar-refractivity contribution in [2.75, 3.05) is 6.61 Å². The van der Waals surface area contributed by atoms with E-state index >= 15 is 0 Å². The van der Waals surface area contributed by atoms with Crippen LogP contribution in [-0.2, 0) is 9.68 Å². The fraction of sp³-hybridized carbons (Fsp3) is 0.556. The van der Waals surface area contributed by atoms with Crippen LogP contribution >= 0.6 is 0 Å². The standard InChI is InChI=1S/C9H12N4O7/c14-1-3-5(15)6(16)9(19-3)12-2-10-7-4(8(12)17)13(18)20-11-7/h2-3,5-6,9,14-18H,1H2/t3-,5+,6+,9-/m0/s1. The minimum atomic E-state index is -1.42. The molecule has 110 valence electrons. The topological polar surface area (TPSA) is 155 Å². The van der Waals surface area contributed by atoms with E-state index < -0.39 is 42.3 Å². The van der Waals surface area contributed by atoms with Crippen molar-refractivity contribution >= 4 is 12.2 Å². The molecule has 5 atom stereocenters. The van der Waals surface area contributed by atoms with E-state index in [1.54, 1.807) is 0 Å². The number of aliphatic hydroxyl groups is 3. The van der Waals surface area contributed by atoms with Gasteiger partial charge in [-0.15, -0.1) is 0 Å². The Kier molecular flexibility index (Phi) is 3.08. The molecule has 0 amide bonds. The lowest BCUT2D eigenvalue weighted by Crippen LogP contribution is -3.05. The van der Waals surface area contributed by atoms with Gasteiger partial charge < -0.3 is 30.1 Å². The van der Waals surface area contributed by atoms with Gasteiger partial charge in [-0.3, -0.25) is 0 Å². The Morgan fingerprint density at radius 1 is 1.40 bits per heavy atom. The summed E-state index contributed by atoms with van der Waals surface area (Å²) in [7, 11) is 0. The van der Waals surface area contributed by atoms with Crippen LogP contribution in [0.1, 0.15) is 0 Å². The first-order valence-electron chi connectivity index (χ1n) is 5.72. The molecule has 3 aliphatic heterocycles. The monoisotopic (exact) mass is 288 g/mol. The third kappa shape index (κ3) is 1.76. The van der Waals surface area contributed by atoms with Crippen LogP contribution < -0.4 is 10.3 Å². The van der Waals surface area contributed by atoms with Crippen LogP contribution in [0.25, 0.3) is 0 Å². The van der Waals surface area contributed by atoms with Crippen LogP contribution in [0.3, 0.4) is 0 Å². The number of oxime groups is 1. The minimum Gasteiger partial charge on any atom is -0.856 e. The zero-order valence-corrected chi connectivity index (χ0v) is 9.95. The van der Waals surface area contributed by atoms with E-state index in [1.807, 2.05) is 0 Å². The molecule has 1 saturated heterocycles. The van der Waals surface area contributed by atoms with Crippen molar-refractivity contribution in [3.63, 3.8) is 0 Å². The largest absolute Gasteiger partial charge is 0.856 e. The number of rotatable bonds is 2. The van der Waals surface area contributed by atoms with Crippen LogP contribution in [-0.4, -0.2) is 68.7 Å². The molecule has 0 aliphatic carbocycles. The second kappa shape index (κ2) is 4.66. The average molecular weight is 288 g/mol. The van der Waals surface area contributed by atoms with Crippen molar-refractivity contribution < 1.29 is 40.5 Å². The number of hydrogen-bond donors (Lipinski definition) is 5. The Bertz CT molecular complexity index is 507. The molecular formula is C9H12N4O7. The number of nitrogens with one attached hydrogen (secondary N) is 1. The van der Waals surface area contributed by atoms with Gasteiger partial charge in [0, 0.05) is 16.3 Å². The van der Waals surface area contributed by atoms with Crippen molar-refractivity contribution in [1.82, 2.24) is 4.90 Å². The molecule has 20 heavy (non-hydrogen) atoms. The van der Waals surface area contributed by atoms with Gasteiger partial charge in [-0.25, -0.2) is 4.99 Å². The number of aliphatic imine (C=N–C) groups is 1. The van der Waals surface area contributed by atoms with E-state index in [0.717, 1.165) is 11.2 Å². The SMILES string of the molecule is [O-]C1=C2C(=NO[NH+]2O)N=CN1[C@H]1O[C@@H](CO)[C@@H](O)[C@H]1O. The summed E-state index contributed by atoms with van der Waals surface area (Å²) in [4.78, 5) is 9.11. The number of fused-ring (bicyclic) bond motifs is 1. The molecule has 0 radical (unpaired) electrons. The first kappa shape index (κ1) is 13.2. The van der Waals surface area contributed by atoms with Crippen molar-refractivity contribution in [2.45, 2.75) is 24.5 Å². The fourth-order valence-electron chi connectivity index (χ4n) is 2.14. The number of hydrogen-bond acceptors (Lipinski definition) is 10. The second-order valence-electron chi connectivity index (χ2n) is 4.37. The van der Waals surface area contributed by atoms with Crippen LogP contribution in [0.15, 0.2) is 21.7 Å². The number of hydroxylamine groups is 2. The summed E-state index contributed by atoms with van der Waals surface area (Å²) in [6.45, 7) is -0.516. The van der Waals surface area contributed by atoms with E-state index in [1.165, 1.54) is 0 Å². The normalized spacial score (nSPS) is 39.9. The maximum atomic E-state index is 12.2. The van der Waals surface area contributed by atoms with E-state index in [2.05, 4.69) is 15.1 Å². The highest BCUT2D eigenvalue weighted by Crippen LogP contribution is 2.26. The van der Waals surface area contributed by atoms with Crippen LogP contribution in [0.2, 0.25) is 0 Å². The molecule has 11 nitrogen and oxygen atoms in total. The average Bonchev–Trinajstić information content (AvgIpc) is 2.94. The molecule has 3 aliphatic rings. The lowest BCUT2D eigenvalue weighted by Gasteiger charge is -2.34. The summed E-state index contributed by atoms with van der Waals surface area (Å²) in [6.07, 6.45) is -3.98. The molecule has 1 unspecified atom stereocenters. The Hall–Kier alpha value is -1.76. The number of aliphatic hydroxyl groups excluding tert-OH is 3. The van der Waals surface area contributed by atoms with Crippen molar-refractivity contribution in [1.29, 1.82) is 0 Å². The third-order valence-corrected chi connectivity index (χ3v) is 3.20. The van der Waals surface area contributed by atoms with Gasteiger partial charge in [0.2, 0.25) is 0 Å². The van der Waals surface area contributed by atoms with Crippen molar-refractivity contribution in [2.24, 2.45) is 10.1 Å². The van der Waals surface area contributed by atoms with Crippen LogP contribution in [0.5, 0.6) is 0 Å². The number of ether oxygens (including phenoxy) is 1. The lowest BCUT2D eigenvalue weighted by molar-refractivity contribution is -1.21. The summed E-state index contributed by atoms with van der Waals surface area (Å²) < 4.78 is 5.21. The van der Waals surface area contributed by atoms with Gasteiger partial charge in [0.15, 0.2) is 6.23 Å². The highest BCUT2D eigenvalue weighted by molar-refractivity contribution is 6.02. The molecule has 0 aromatic heterocycles. The summed E-state index contributed by atoms with van der Waals surface area (Å²) in [5, 5.41) is 52.8. The van der Waals surface area contributed by atoms with Gasteiger partial charge in [0.1, 0.15) is 18.3 Å². The highest BCUT2D eigenvalue weighted by Gasteiger charge is 2.47. The molecule has 0 aromatic carbocycles. The molecule has 3 heterocycles. The first-order chi connectivity index (χ1) is 9.54. The van der Waals surface area contributed by atoms with Crippen LogP contribution in [0.4, 0.5) is 0 Å². The molecule has 0 spiro atoms. The van der Waals surface area contributed by atoms with Gasteiger partial charge in [-0.2, -0.15) is 10.1 Å². The van der Waals surface area contributed by atoms with Crippen molar-refractivity contribution in [3.8, 4) is 0 Å². The molecule has 0 bridgehead atoms. The molecule has 11 heteroatoms. The van der Waals surface area contributed by atoms with Gasteiger partial charge in [-0.05, 0) is 0 Å². The minimum absolute atomic E-state index is 0.0875. The van der Waals surface area contributed by atoms with E-state index in [0.29, 0.717) is 0 Å². The van der Waals surface area contributed by atoms with E-state index in [-0.39, 0.29) is 11.5 Å². The Balaban J connectivity index is 1.89. The summed E-state index contributed by atoms with van der Waals surface area (Å²) >= 11 is 0. The third-order valence-electron chi connectivity index (χ3n) is 3.20. The van der Waals surface area contributed by atoms with Crippen molar-refractivity contribution in [3.05, 3.63) is 11.6 Å². The Morgan fingerprint density at radius 3 is 2.80 bits per heavy atom. The predicted octanol–water partition coefficient (Wildman–Crippen LogP) is -5.17. The molecule has 0 aromatic rings. The Morgan fingerprint density at radius 2 is 2.15 bits per heavy atom. The van der Waals surface area contributed by atoms with Gasteiger partial charge in [0.25, 0.3) is 11.5 Å².